The van der Waals surface area contributed by atoms with E-state index in [-0.39, 0.29) is 5.75 Å². The molecule has 0 aromatic heterocycles. The topological polar surface area (TPSA) is 86.5 Å². The molecule has 0 aliphatic carbocycles. The Balaban J connectivity index is 2.83. The smallest absolute Gasteiger partial charge is 0.253 e. The van der Waals surface area contributed by atoms with Crippen LogP contribution in [0.5, 0.6) is 0 Å². The number of hydrogen-bond acceptors (Lipinski definition) is 5. The Morgan fingerprint density at radius 2 is 2.08 bits per heavy atom. The lowest BCUT2D eigenvalue weighted by molar-refractivity contribution is -0.526. The lowest BCUT2D eigenvalue weighted by Crippen LogP contribution is -2.33. The van der Waals surface area contributed by atoms with Gasteiger partial charge in [-0.15, -0.1) is 0 Å². The predicted molar refractivity (Wildman–Crippen MR) is 40.2 cm³/mol. The third-order valence-electron chi connectivity index (χ3n) is 1.85. The zero-order chi connectivity index (χ0) is 9.35. The fourth-order valence-electron chi connectivity index (χ4n) is 1.22. The van der Waals surface area contributed by atoms with Crippen LogP contribution in [0.15, 0.2) is 0 Å². The quantitative estimate of drug-likeness (QED) is 0.420. The first-order valence-electron chi connectivity index (χ1n) is 3.33. The second kappa shape index (κ2) is 2.98. The Morgan fingerprint density at radius 3 is 2.42 bits per heavy atom. The summed E-state index contributed by atoms with van der Waals surface area (Å²) in [6.07, 6.45) is -0.787. The number of sulfone groups is 1. The maximum absolute atomic E-state index is 10.9. The summed E-state index contributed by atoms with van der Waals surface area (Å²) in [4.78, 5) is 9.72. The molecule has 0 aromatic carbocycles. The molecule has 6 nitrogen and oxygen atoms in total. The van der Waals surface area contributed by atoms with Crippen LogP contribution < -0.4 is 0 Å². The largest absolute Gasteiger partial charge is 0.373 e. The van der Waals surface area contributed by atoms with Crippen molar-refractivity contribution in [2.45, 2.75) is 12.1 Å². The number of hydrogen-bond donors (Lipinski definition) is 0. The average Bonchev–Trinajstić information content (AvgIpc) is 2.25. The Morgan fingerprint density at radius 1 is 1.50 bits per heavy atom. The van der Waals surface area contributed by atoms with Gasteiger partial charge in [-0.05, 0) is 0 Å². The molecular formula is C5H9NO5S. The number of nitrogens with zero attached hydrogens (tertiary/aromatic N) is 1. The highest BCUT2D eigenvalue weighted by Gasteiger charge is 2.45. The van der Waals surface area contributed by atoms with Gasteiger partial charge in [-0.25, -0.2) is 8.42 Å². The van der Waals surface area contributed by atoms with Crippen LogP contribution in [0.2, 0.25) is 0 Å². The van der Waals surface area contributed by atoms with Crippen LogP contribution >= 0.6 is 0 Å². The molecule has 12 heavy (non-hydrogen) atoms. The first-order chi connectivity index (χ1) is 5.46. The molecule has 1 aliphatic rings. The summed E-state index contributed by atoms with van der Waals surface area (Å²) in [5.41, 5.74) is 0. The summed E-state index contributed by atoms with van der Waals surface area (Å²) in [5.74, 6) is -0.645. The van der Waals surface area contributed by atoms with E-state index in [1.165, 1.54) is 7.11 Å². The van der Waals surface area contributed by atoms with Crippen molar-refractivity contribution in [2.75, 3.05) is 18.6 Å². The molecule has 0 bridgehead atoms. The summed E-state index contributed by atoms with van der Waals surface area (Å²) in [5, 5.41) is 10.3. The molecule has 2 atom stereocenters. The van der Waals surface area contributed by atoms with Gasteiger partial charge in [0.2, 0.25) is 0 Å². The zero-order valence-electron chi connectivity index (χ0n) is 6.47. The van der Waals surface area contributed by atoms with Crippen molar-refractivity contribution in [3.8, 4) is 0 Å². The molecule has 7 heteroatoms. The minimum atomic E-state index is -3.27. The Hall–Kier alpha value is -0.690. The third-order valence-corrected chi connectivity index (χ3v) is 3.53. The standard InChI is InChI=1S/C5H9NO5S/c1-11-5-3-12(9,10)2-4(5)6(7)8/h4-5H,2-3H2,1H3/t4-,5-/m0/s1. The summed E-state index contributed by atoms with van der Waals surface area (Å²) < 4.78 is 26.6. The Bertz CT molecular complexity index is 284. The minimum Gasteiger partial charge on any atom is -0.373 e. The molecule has 1 heterocycles. The van der Waals surface area contributed by atoms with Gasteiger partial charge in [-0.2, -0.15) is 0 Å². The highest BCUT2D eigenvalue weighted by molar-refractivity contribution is 7.91. The molecule has 70 valence electrons. The molecule has 0 amide bonds. The monoisotopic (exact) mass is 195 g/mol. The number of methoxy groups -OCH3 is 1. The molecule has 0 aromatic rings. The van der Waals surface area contributed by atoms with Crippen LogP contribution in [-0.2, 0) is 14.6 Å². The van der Waals surface area contributed by atoms with E-state index in [1.54, 1.807) is 0 Å². The van der Waals surface area contributed by atoms with Crippen LogP contribution in [-0.4, -0.2) is 44.1 Å². The highest BCUT2D eigenvalue weighted by Crippen LogP contribution is 2.17. The van der Waals surface area contributed by atoms with Crippen molar-refractivity contribution in [2.24, 2.45) is 0 Å². The van der Waals surface area contributed by atoms with E-state index in [4.69, 9.17) is 4.74 Å². The molecule has 1 aliphatic heterocycles. The molecule has 0 spiro atoms. The van der Waals surface area contributed by atoms with E-state index in [9.17, 15) is 18.5 Å². The Kier molecular flexibility index (Phi) is 2.34. The first kappa shape index (κ1) is 9.40. The number of ether oxygens (including phenoxy) is 1. The van der Waals surface area contributed by atoms with Crippen molar-refractivity contribution >= 4 is 9.84 Å². The van der Waals surface area contributed by atoms with Gasteiger partial charge < -0.3 is 4.74 Å². The van der Waals surface area contributed by atoms with Crippen molar-refractivity contribution in [3.05, 3.63) is 10.1 Å². The molecule has 0 saturated carbocycles. The molecule has 1 rings (SSSR count). The van der Waals surface area contributed by atoms with Gasteiger partial charge in [0.1, 0.15) is 11.9 Å². The van der Waals surface area contributed by atoms with Crippen LogP contribution in [0.4, 0.5) is 0 Å². The maximum Gasteiger partial charge on any atom is 0.253 e. The SMILES string of the molecule is CO[C@H]1CS(=O)(=O)C[C@@H]1[N+](=O)[O-]. The predicted octanol–water partition coefficient (Wildman–Crippen LogP) is -0.925. The lowest BCUT2D eigenvalue weighted by Gasteiger charge is -2.07. The molecular weight excluding hydrogens is 186 g/mol. The van der Waals surface area contributed by atoms with Crippen molar-refractivity contribution in [1.29, 1.82) is 0 Å². The van der Waals surface area contributed by atoms with E-state index < -0.39 is 32.7 Å². The fraction of sp³-hybridized carbons (Fsp3) is 1.00. The second-order valence-corrected chi connectivity index (χ2v) is 4.86. The van der Waals surface area contributed by atoms with Crippen LogP contribution in [0.1, 0.15) is 0 Å². The fourth-order valence-corrected chi connectivity index (χ4v) is 3.07. The zero-order valence-corrected chi connectivity index (χ0v) is 7.28. The van der Waals surface area contributed by atoms with Crippen molar-refractivity contribution < 1.29 is 18.1 Å². The van der Waals surface area contributed by atoms with Gasteiger partial charge in [0.25, 0.3) is 6.04 Å². The normalized spacial score (nSPS) is 33.4. The molecule has 0 unspecified atom stereocenters. The van der Waals surface area contributed by atoms with Crippen LogP contribution in [0.25, 0.3) is 0 Å². The van der Waals surface area contributed by atoms with E-state index in [0.717, 1.165) is 0 Å². The van der Waals surface area contributed by atoms with Crippen molar-refractivity contribution in [3.63, 3.8) is 0 Å². The van der Waals surface area contributed by atoms with E-state index in [0.29, 0.717) is 0 Å². The minimum absolute atomic E-state index is 0.241. The van der Waals surface area contributed by atoms with Crippen LogP contribution in [0.3, 0.4) is 0 Å². The molecule has 1 saturated heterocycles. The third kappa shape index (κ3) is 1.72. The Labute approximate surface area is 69.6 Å². The number of rotatable bonds is 2. The average molecular weight is 195 g/mol. The first-order valence-corrected chi connectivity index (χ1v) is 5.15. The summed E-state index contributed by atoms with van der Waals surface area (Å²) in [7, 11) is -1.99. The molecule has 0 N–H and O–H groups in total. The van der Waals surface area contributed by atoms with Gasteiger partial charge in [-0.1, -0.05) is 0 Å². The maximum atomic E-state index is 10.9. The van der Waals surface area contributed by atoms with E-state index in [2.05, 4.69) is 0 Å². The summed E-state index contributed by atoms with van der Waals surface area (Å²) in [6.45, 7) is 0. The highest BCUT2D eigenvalue weighted by atomic mass is 32.2. The second-order valence-electron chi connectivity index (χ2n) is 2.70. The lowest BCUT2D eigenvalue weighted by atomic mass is 10.2. The molecule has 0 radical (unpaired) electrons. The van der Waals surface area contributed by atoms with Crippen LogP contribution in [0, 0.1) is 10.1 Å². The van der Waals surface area contributed by atoms with E-state index in [1.807, 2.05) is 0 Å². The van der Waals surface area contributed by atoms with Gasteiger partial charge in [0, 0.05) is 12.0 Å². The molecule has 1 fully saturated rings. The summed E-state index contributed by atoms with van der Waals surface area (Å²) in [6, 6.07) is -1.10. The summed E-state index contributed by atoms with van der Waals surface area (Å²) >= 11 is 0. The van der Waals surface area contributed by atoms with Gasteiger partial charge in [0.05, 0.1) is 5.75 Å². The van der Waals surface area contributed by atoms with E-state index >= 15 is 0 Å². The number of nitro groups is 1. The van der Waals surface area contributed by atoms with Crippen molar-refractivity contribution in [1.82, 2.24) is 0 Å². The van der Waals surface area contributed by atoms with Gasteiger partial charge >= 0.3 is 0 Å². The van der Waals surface area contributed by atoms with Gasteiger partial charge in [-0.3, -0.25) is 10.1 Å². The van der Waals surface area contributed by atoms with Gasteiger partial charge in [0.15, 0.2) is 9.84 Å².